The highest BCUT2D eigenvalue weighted by Crippen LogP contribution is 2.38. The number of nitrogens with zero attached hydrogens (tertiary/aromatic N) is 1. The number of carbonyl (C=O) groups is 1. The summed E-state index contributed by atoms with van der Waals surface area (Å²) < 4.78 is 13.6. The normalized spacial score (nSPS) is 25.2. The summed E-state index contributed by atoms with van der Waals surface area (Å²) in [5, 5.41) is 13.1. The number of hydrogen-bond donors (Lipinski definition) is 3. The minimum Gasteiger partial charge on any atom is -0.465 e. The van der Waals surface area contributed by atoms with Crippen molar-refractivity contribution in [3.63, 3.8) is 0 Å². The second-order valence-electron chi connectivity index (χ2n) is 7.64. The highest BCUT2D eigenvalue weighted by Gasteiger charge is 2.48. The van der Waals surface area contributed by atoms with Gasteiger partial charge in [-0.15, -0.1) is 0 Å². The number of halogens is 1. The van der Waals surface area contributed by atoms with Gasteiger partial charge in [-0.05, 0) is 49.9 Å². The number of carboxylic acid groups (broad SMARTS) is 1. The summed E-state index contributed by atoms with van der Waals surface area (Å²) in [5.74, 6) is -0.317. The maximum atomic E-state index is 13.6. The molecule has 4 N–H and O–H groups in total. The molecule has 1 fully saturated rings. The fourth-order valence-corrected chi connectivity index (χ4v) is 4.23. The zero-order chi connectivity index (χ0) is 19.5. The van der Waals surface area contributed by atoms with E-state index in [1.807, 2.05) is 37.3 Å². The van der Waals surface area contributed by atoms with Gasteiger partial charge in [-0.2, -0.15) is 0 Å². The van der Waals surface area contributed by atoms with Crippen molar-refractivity contribution in [2.75, 3.05) is 18.4 Å². The summed E-state index contributed by atoms with van der Waals surface area (Å²) in [4.78, 5) is 13.4. The van der Waals surface area contributed by atoms with Crippen LogP contribution in [0.3, 0.4) is 0 Å². The number of nitrogens with two attached hydrogens (primary N) is 1. The Balaban J connectivity index is 1.90. The fourth-order valence-electron chi connectivity index (χ4n) is 4.23. The third kappa shape index (κ3) is 4.22. The number of likely N-dealkylation sites (tertiary alicyclic amines) is 1. The van der Waals surface area contributed by atoms with Crippen LogP contribution in [0.15, 0.2) is 54.6 Å². The van der Waals surface area contributed by atoms with Crippen molar-refractivity contribution in [3.05, 3.63) is 66.0 Å². The topological polar surface area (TPSA) is 78.6 Å². The van der Waals surface area contributed by atoms with E-state index in [9.17, 15) is 14.3 Å². The van der Waals surface area contributed by atoms with Crippen LogP contribution < -0.4 is 11.1 Å². The largest absolute Gasteiger partial charge is 0.465 e. The molecular weight excluding hydrogens is 345 g/mol. The highest BCUT2D eigenvalue weighted by molar-refractivity contribution is 5.67. The first-order valence-electron chi connectivity index (χ1n) is 9.14. The lowest BCUT2D eigenvalue weighted by Crippen LogP contribution is -2.64. The average molecular weight is 371 g/mol. The molecule has 1 aliphatic heterocycles. The molecule has 1 aliphatic rings. The van der Waals surface area contributed by atoms with Crippen LogP contribution in [-0.4, -0.2) is 40.3 Å². The molecule has 1 unspecified atom stereocenters. The molecule has 5 nitrogen and oxygen atoms in total. The summed E-state index contributed by atoms with van der Waals surface area (Å²) in [7, 11) is 0. The third-order valence-electron chi connectivity index (χ3n) is 5.47. The fraction of sp³-hybridized carbons (Fsp3) is 0.381. The average Bonchev–Trinajstić information content (AvgIpc) is 2.62. The summed E-state index contributed by atoms with van der Waals surface area (Å²) in [6.45, 7) is 2.67. The molecule has 0 bridgehead atoms. The van der Waals surface area contributed by atoms with Gasteiger partial charge < -0.3 is 21.1 Å². The molecule has 0 aromatic heterocycles. The van der Waals surface area contributed by atoms with Crippen molar-refractivity contribution in [1.29, 1.82) is 0 Å². The van der Waals surface area contributed by atoms with E-state index in [2.05, 4.69) is 5.32 Å². The molecular formula is C21H26FN3O2. The first-order chi connectivity index (χ1) is 12.9. The second kappa shape index (κ2) is 7.56. The van der Waals surface area contributed by atoms with E-state index in [0.717, 1.165) is 5.56 Å². The minimum atomic E-state index is -0.926. The van der Waals surface area contributed by atoms with Gasteiger partial charge in [-0.1, -0.05) is 36.4 Å². The number of rotatable bonds is 5. The van der Waals surface area contributed by atoms with Gasteiger partial charge in [0, 0.05) is 24.3 Å². The Morgan fingerprint density at radius 1 is 1.26 bits per heavy atom. The van der Waals surface area contributed by atoms with Crippen molar-refractivity contribution in [2.24, 2.45) is 5.73 Å². The first-order valence-corrected chi connectivity index (χ1v) is 9.14. The van der Waals surface area contributed by atoms with Crippen molar-refractivity contribution in [2.45, 2.75) is 37.3 Å². The molecule has 0 saturated carbocycles. The van der Waals surface area contributed by atoms with Gasteiger partial charge >= 0.3 is 6.09 Å². The molecule has 2 atom stereocenters. The van der Waals surface area contributed by atoms with Crippen LogP contribution in [0.4, 0.5) is 14.9 Å². The molecule has 1 saturated heterocycles. The molecule has 0 spiro atoms. The number of amides is 1. The lowest BCUT2D eigenvalue weighted by Gasteiger charge is -2.52. The van der Waals surface area contributed by atoms with Gasteiger partial charge in [-0.3, -0.25) is 0 Å². The highest BCUT2D eigenvalue weighted by atomic mass is 19.1. The maximum Gasteiger partial charge on any atom is 0.407 e. The SMILES string of the molecule is C[C@]1(Cc2ccccc2)CC(CN)(Nc2cccc(F)c2)CCN1C(=O)O. The van der Waals surface area contributed by atoms with Crippen LogP contribution in [-0.2, 0) is 6.42 Å². The van der Waals surface area contributed by atoms with E-state index in [1.165, 1.54) is 17.0 Å². The summed E-state index contributed by atoms with van der Waals surface area (Å²) in [6, 6.07) is 16.1. The zero-order valence-corrected chi connectivity index (χ0v) is 15.5. The van der Waals surface area contributed by atoms with Crippen LogP contribution in [0.2, 0.25) is 0 Å². The maximum absolute atomic E-state index is 13.6. The smallest absolute Gasteiger partial charge is 0.407 e. The molecule has 2 aromatic carbocycles. The van der Waals surface area contributed by atoms with Gasteiger partial charge in [0.1, 0.15) is 5.82 Å². The van der Waals surface area contributed by atoms with Gasteiger partial charge in [0.25, 0.3) is 0 Å². The number of hydrogen-bond acceptors (Lipinski definition) is 3. The van der Waals surface area contributed by atoms with Crippen molar-refractivity contribution in [3.8, 4) is 0 Å². The molecule has 0 radical (unpaired) electrons. The predicted molar refractivity (Wildman–Crippen MR) is 104 cm³/mol. The number of piperidine rings is 1. The number of nitrogens with one attached hydrogen (secondary N) is 1. The Hall–Kier alpha value is -2.60. The molecule has 0 aliphatic carbocycles. The van der Waals surface area contributed by atoms with E-state index in [-0.39, 0.29) is 5.82 Å². The van der Waals surface area contributed by atoms with E-state index in [4.69, 9.17) is 5.73 Å². The van der Waals surface area contributed by atoms with Crippen LogP contribution >= 0.6 is 0 Å². The van der Waals surface area contributed by atoms with E-state index >= 15 is 0 Å². The quantitative estimate of drug-likeness (QED) is 0.749. The van der Waals surface area contributed by atoms with Crippen molar-refractivity contribution >= 4 is 11.8 Å². The minimum absolute atomic E-state index is 0.317. The lowest BCUT2D eigenvalue weighted by molar-refractivity contribution is 0.0343. The Morgan fingerprint density at radius 2 is 2.00 bits per heavy atom. The number of benzene rings is 2. The Morgan fingerprint density at radius 3 is 2.63 bits per heavy atom. The van der Waals surface area contributed by atoms with Gasteiger partial charge in [0.15, 0.2) is 0 Å². The molecule has 144 valence electrons. The molecule has 3 rings (SSSR count). The van der Waals surface area contributed by atoms with Crippen molar-refractivity contribution in [1.82, 2.24) is 4.90 Å². The van der Waals surface area contributed by atoms with Crippen LogP contribution in [0.5, 0.6) is 0 Å². The molecule has 2 aromatic rings. The molecule has 27 heavy (non-hydrogen) atoms. The van der Waals surface area contributed by atoms with Crippen molar-refractivity contribution < 1.29 is 14.3 Å². The first kappa shape index (κ1) is 19.2. The van der Waals surface area contributed by atoms with Crippen LogP contribution in [0.25, 0.3) is 0 Å². The third-order valence-corrected chi connectivity index (χ3v) is 5.47. The molecule has 1 heterocycles. The Labute approximate surface area is 159 Å². The van der Waals surface area contributed by atoms with E-state index in [1.54, 1.807) is 12.1 Å². The van der Waals surface area contributed by atoms with Gasteiger partial charge in [0.2, 0.25) is 0 Å². The lowest BCUT2D eigenvalue weighted by atomic mass is 9.73. The van der Waals surface area contributed by atoms with Crippen LogP contribution in [0.1, 0.15) is 25.3 Å². The Bertz CT molecular complexity index is 801. The molecule has 6 heteroatoms. The Kier molecular flexibility index (Phi) is 5.37. The van der Waals surface area contributed by atoms with Gasteiger partial charge in [-0.25, -0.2) is 9.18 Å². The summed E-state index contributed by atoms with van der Waals surface area (Å²) >= 11 is 0. The summed E-state index contributed by atoms with van der Waals surface area (Å²) in [5.41, 5.74) is 6.75. The van der Waals surface area contributed by atoms with Gasteiger partial charge in [0.05, 0.1) is 5.54 Å². The van der Waals surface area contributed by atoms with E-state index < -0.39 is 17.2 Å². The standard InChI is InChI=1S/C21H26FN3O2/c1-20(13-16-6-3-2-4-7-16)14-21(15-23,10-11-25(20)19(26)27)24-18-9-5-8-17(22)12-18/h2-9,12,24H,10-11,13-15,23H2,1H3,(H,26,27)/t20-,21?/m0/s1. The monoisotopic (exact) mass is 371 g/mol. The summed E-state index contributed by atoms with van der Waals surface area (Å²) in [6.07, 6.45) is 0.766. The van der Waals surface area contributed by atoms with E-state index in [0.29, 0.717) is 38.0 Å². The zero-order valence-electron chi connectivity index (χ0n) is 15.5. The second-order valence-corrected chi connectivity index (χ2v) is 7.64. The van der Waals surface area contributed by atoms with Crippen LogP contribution in [0, 0.1) is 5.82 Å². The predicted octanol–water partition coefficient (Wildman–Crippen LogP) is 3.71. The number of anilines is 1. The molecule has 1 amide bonds.